The molecule has 0 saturated carbocycles. The Morgan fingerprint density at radius 3 is 1.77 bits per heavy atom. The number of ketones is 1. The first-order chi connectivity index (χ1) is 28.9. The normalized spacial score (nSPS) is 20.8. The SMILES string of the molecule is CCCCCCCCCCCCCCN(C(=O)CCCCCCCCCCC)[C@]1(N)O[C@H](CO)[C@@H](O)[C@H](O)[C@H]1C(=O)CNC(=O)[C@@H](NC(=O)OCc1ccccc1)C(C)C. The molecule has 0 radical (unpaired) electrons. The van der Waals surface area contributed by atoms with Crippen molar-refractivity contribution in [2.45, 2.75) is 206 Å². The Hall–Kier alpha value is -3.10. The number of hydrogen-bond donors (Lipinski definition) is 6. The number of hydrogen-bond acceptors (Lipinski definition) is 10. The van der Waals surface area contributed by atoms with Gasteiger partial charge in [0.1, 0.15) is 30.8 Å². The number of aliphatic hydroxyl groups is 3. The van der Waals surface area contributed by atoms with Gasteiger partial charge in [-0.1, -0.05) is 180 Å². The van der Waals surface area contributed by atoms with Gasteiger partial charge in [0.2, 0.25) is 17.7 Å². The molecule has 1 saturated heterocycles. The summed E-state index contributed by atoms with van der Waals surface area (Å²) in [6.45, 7) is 6.67. The second-order valence-corrected chi connectivity index (χ2v) is 17.2. The van der Waals surface area contributed by atoms with E-state index in [4.69, 9.17) is 15.2 Å². The van der Waals surface area contributed by atoms with E-state index in [2.05, 4.69) is 24.5 Å². The molecule has 2 rings (SSSR count). The average Bonchev–Trinajstić information content (AvgIpc) is 3.23. The first-order valence-corrected chi connectivity index (χ1v) is 23.4. The van der Waals surface area contributed by atoms with Gasteiger partial charge in [-0.05, 0) is 24.3 Å². The zero-order chi connectivity index (χ0) is 44.2. The molecule has 1 heterocycles. The average molecular weight is 847 g/mol. The summed E-state index contributed by atoms with van der Waals surface area (Å²) < 4.78 is 11.4. The van der Waals surface area contributed by atoms with Gasteiger partial charge in [-0.15, -0.1) is 0 Å². The highest BCUT2D eigenvalue weighted by Gasteiger charge is 2.58. The summed E-state index contributed by atoms with van der Waals surface area (Å²) in [4.78, 5) is 55.6. The van der Waals surface area contributed by atoms with Crippen molar-refractivity contribution in [2.75, 3.05) is 19.7 Å². The number of unbranched alkanes of at least 4 members (excludes halogenated alkanes) is 19. The zero-order valence-electron chi connectivity index (χ0n) is 37.6. The number of rotatable bonds is 33. The number of nitrogens with zero attached hydrogens (tertiary/aromatic N) is 1. The Kier molecular flexibility index (Phi) is 27.3. The van der Waals surface area contributed by atoms with E-state index in [1.54, 1.807) is 26.0 Å². The number of amides is 3. The summed E-state index contributed by atoms with van der Waals surface area (Å²) in [5.74, 6) is -6.08. The molecule has 0 spiro atoms. The lowest BCUT2D eigenvalue weighted by molar-refractivity contribution is -0.291. The van der Waals surface area contributed by atoms with Gasteiger partial charge >= 0.3 is 6.09 Å². The van der Waals surface area contributed by atoms with Crippen LogP contribution in [0.25, 0.3) is 0 Å². The maximum absolute atomic E-state index is 14.1. The molecule has 0 aromatic heterocycles. The molecule has 13 heteroatoms. The van der Waals surface area contributed by atoms with Gasteiger partial charge in [-0.25, -0.2) is 4.79 Å². The lowest BCUT2D eigenvalue weighted by Gasteiger charge is -2.52. The molecule has 60 heavy (non-hydrogen) atoms. The lowest BCUT2D eigenvalue weighted by atomic mass is 9.82. The fourth-order valence-electron chi connectivity index (χ4n) is 7.99. The number of carbonyl (C=O) groups excluding carboxylic acids is 4. The van der Waals surface area contributed by atoms with Crippen molar-refractivity contribution in [2.24, 2.45) is 17.6 Å². The van der Waals surface area contributed by atoms with Crippen LogP contribution in [0.1, 0.15) is 175 Å². The van der Waals surface area contributed by atoms with Crippen molar-refractivity contribution >= 4 is 23.7 Å². The van der Waals surface area contributed by atoms with E-state index in [-0.39, 0.29) is 25.5 Å². The molecular formula is C47H82N4O9. The number of Topliss-reactive ketones (excluding diaryl/α,β-unsaturated/α-hetero) is 1. The predicted octanol–water partition coefficient (Wildman–Crippen LogP) is 7.41. The smallest absolute Gasteiger partial charge is 0.408 e. The van der Waals surface area contributed by atoms with Crippen LogP contribution >= 0.6 is 0 Å². The van der Waals surface area contributed by atoms with Crippen LogP contribution in [0.2, 0.25) is 0 Å². The summed E-state index contributed by atoms with van der Waals surface area (Å²) in [6.07, 6.45) is 17.5. The van der Waals surface area contributed by atoms with Gasteiger partial charge in [0.25, 0.3) is 0 Å². The monoisotopic (exact) mass is 847 g/mol. The second-order valence-electron chi connectivity index (χ2n) is 17.2. The molecule has 1 aliphatic heterocycles. The number of ether oxygens (including phenoxy) is 2. The van der Waals surface area contributed by atoms with Gasteiger partial charge in [0.15, 0.2) is 5.78 Å². The number of aliphatic hydroxyl groups excluding tert-OH is 3. The molecule has 0 unspecified atom stereocenters. The summed E-state index contributed by atoms with van der Waals surface area (Å²) >= 11 is 0. The predicted molar refractivity (Wildman–Crippen MR) is 235 cm³/mol. The Morgan fingerprint density at radius 2 is 1.27 bits per heavy atom. The molecule has 1 aliphatic rings. The Morgan fingerprint density at radius 1 is 0.767 bits per heavy atom. The minimum Gasteiger partial charge on any atom is -0.445 e. The van der Waals surface area contributed by atoms with Crippen LogP contribution in [-0.4, -0.2) is 93.8 Å². The number of benzene rings is 1. The van der Waals surface area contributed by atoms with Crippen molar-refractivity contribution in [3.63, 3.8) is 0 Å². The summed E-state index contributed by atoms with van der Waals surface area (Å²) in [7, 11) is 0. The topological polar surface area (TPSA) is 201 Å². The Balaban J connectivity index is 2.16. The minimum atomic E-state index is -2.22. The highest BCUT2D eigenvalue weighted by atomic mass is 16.6. The fourth-order valence-corrected chi connectivity index (χ4v) is 7.99. The number of carbonyl (C=O) groups is 4. The molecule has 1 aromatic rings. The van der Waals surface area contributed by atoms with Crippen LogP contribution in [-0.2, 0) is 30.5 Å². The summed E-state index contributed by atoms with van der Waals surface area (Å²) in [5, 5.41) is 37.7. The molecule has 6 atom stereocenters. The summed E-state index contributed by atoms with van der Waals surface area (Å²) in [5.41, 5.74) is 7.74. The minimum absolute atomic E-state index is 0.000501. The number of alkyl carbamates (subject to hydrolysis) is 1. The zero-order valence-corrected chi connectivity index (χ0v) is 37.6. The highest BCUT2D eigenvalue weighted by Crippen LogP contribution is 2.36. The number of nitrogens with one attached hydrogen (secondary N) is 2. The van der Waals surface area contributed by atoms with E-state index in [9.17, 15) is 34.5 Å². The third kappa shape index (κ3) is 19.3. The number of nitrogens with two attached hydrogens (primary N) is 1. The van der Waals surface area contributed by atoms with E-state index >= 15 is 0 Å². The van der Waals surface area contributed by atoms with Gasteiger partial charge in [-0.3, -0.25) is 20.1 Å². The first kappa shape index (κ1) is 53.0. The van der Waals surface area contributed by atoms with Gasteiger partial charge in [-0.2, -0.15) is 0 Å². The van der Waals surface area contributed by atoms with Crippen LogP contribution < -0.4 is 16.4 Å². The Labute approximate surface area is 361 Å². The van der Waals surface area contributed by atoms with Crippen molar-refractivity contribution in [1.82, 2.24) is 15.5 Å². The van der Waals surface area contributed by atoms with E-state index < -0.39 is 73.0 Å². The van der Waals surface area contributed by atoms with Gasteiger partial charge < -0.3 is 40.3 Å². The van der Waals surface area contributed by atoms with E-state index in [1.807, 2.05) is 18.2 Å². The third-order valence-electron chi connectivity index (χ3n) is 11.7. The molecular weight excluding hydrogens is 765 g/mol. The fraction of sp³-hybridized carbons (Fsp3) is 0.787. The van der Waals surface area contributed by atoms with Crippen molar-refractivity contribution < 1.29 is 44.0 Å². The molecule has 344 valence electrons. The molecule has 1 fully saturated rings. The van der Waals surface area contributed by atoms with E-state index in [0.29, 0.717) is 12.8 Å². The van der Waals surface area contributed by atoms with Gasteiger partial charge in [0, 0.05) is 13.0 Å². The quantitative estimate of drug-likeness (QED) is 0.0306. The molecule has 0 aliphatic carbocycles. The second kappa shape index (κ2) is 30.9. The van der Waals surface area contributed by atoms with Crippen LogP contribution in [0.5, 0.6) is 0 Å². The maximum Gasteiger partial charge on any atom is 0.408 e. The van der Waals surface area contributed by atoms with E-state index in [1.165, 1.54) is 75.5 Å². The van der Waals surface area contributed by atoms with Crippen LogP contribution in [0.3, 0.4) is 0 Å². The largest absolute Gasteiger partial charge is 0.445 e. The molecule has 3 amide bonds. The van der Waals surface area contributed by atoms with Crippen LogP contribution in [0, 0.1) is 11.8 Å². The maximum atomic E-state index is 14.1. The first-order valence-electron chi connectivity index (χ1n) is 23.4. The highest BCUT2D eigenvalue weighted by molar-refractivity contribution is 5.92. The molecule has 13 nitrogen and oxygen atoms in total. The van der Waals surface area contributed by atoms with Crippen molar-refractivity contribution in [1.29, 1.82) is 0 Å². The van der Waals surface area contributed by atoms with Crippen molar-refractivity contribution in [3.8, 4) is 0 Å². The molecule has 1 aromatic carbocycles. The molecule has 0 bridgehead atoms. The van der Waals surface area contributed by atoms with Crippen molar-refractivity contribution in [3.05, 3.63) is 35.9 Å². The summed E-state index contributed by atoms with van der Waals surface area (Å²) in [6, 6.07) is 8.01. The lowest BCUT2D eigenvalue weighted by Crippen LogP contribution is -2.75. The van der Waals surface area contributed by atoms with Crippen LogP contribution in [0.15, 0.2) is 30.3 Å². The third-order valence-corrected chi connectivity index (χ3v) is 11.7. The molecule has 7 N–H and O–H groups in total. The standard InChI is InChI=1S/C47H82N4O9/c1-5-7-9-11-13-15-16-17-19-21-23-28-32-51(40(54)31-27-22-20-18-14-12-10-8-6-2)47(48)41(44(56)43(55)39(34-52)60-47)38(53)33-49-45(57)42(36(3)4)50-46(58)59-35-37-29-25-24-26-30-37/h24-26,29-30,36,39,41-44,52,55-56H,5-23,27-28,31-35,48H2,1-4H3,(H,49,57)(H,50,58)/t39-,41-,42+,43-,44-,47+/m1/s1. The van der Waals surface area contributed by atoms with Crippen LogP contribution in [0.4, 0.5) is 4.79 Å². The van der Waals surface area contributed by atoms with Gasteiger partial charge in [0.05, 0.1) is 19.3 Å². The van der Waals surface area contributed by atoms with E-state index in [0.717, 1.165) is 56.9 Å². The Bertz CT molecular complexity index is 1330.